The minimum atomic E-state index is 0.303. The van der Waals surface area contributed by atoms with Gasteiger partial charge in [-0.1, -0.05) is 13.3 Å². The summed E-state index contributed by atoms with van der Waals surface area (Å²) in [4.78, 5) is 14.9. The molecule has 1 saturated carbocycles. The number of piperidine rings is 1. The molecule has 2 saturated heterocycles. The molecule has 3 aliphatic rings. The van der Waals surface area contributed by atoms with Gasteiger partial charge in [0.2, 0.25) is 5.91 Å². The largest absolute Gasteiger partial charge is 0.336 e. The highest BCUT2D eigenvalue weighted by atomic mass is 35.5. The Hall–Kier alpha value is -0.240. The Balaban J connectivity index is 1.74. The van der Waals surface area contributed by atoms with E-state index in [9.17, 15) is 4.79 Å². The Morgan fingerprint density at radius 2 is 1.76 bits per heavy atom. The third-order valence-electron chi connectivity index (χ3n) is 5.11. The van der Waals surface area contributed by atoms with Crippen molar-refractivity contribution in [1.82, 2.24) is 4.90 Å². The van der Waals surface area contributed by atoms with E-state index in [0.717, 1.165) is 19.3 Å². The molecule has 4 atom stereocenters. The number of rotatable bonds is 1. The molecule has 17 heavy (non-hydrogen) atoms. The number of nitrogens with zero attached hydrogens (tertiary/aromatic N) is 1. The third-order valence-corrected chi connectivity index (χ3v) is 5.47. The summed E-state index contributed by atoms with van der Waals surface area (Å²) in [7, 11) is 0. The van der Waals surface area contributed by atoms with Crippen LogP contribution in [0.25, 0.3) is 0 Å². The summed E-state index contributed by atoms with van der Waals surface area (Å²) in [6.07, 6.45) is 7.98. The van der Waals surface area contributed by atoms with E-state index in [1.54, 1.807) is 0 Å². The van der Waals surface area contributed by atoms with Gasteiger partial charge in [-0.25, -0.2) is 0 Å². The van der Waals surface area contributed by atoms with Gasteiger partial charge in [0, 0.05) is 23.4 Å². The van der Waals surface area contributed by atoms with Crippen LogP contribution in [-0.2, 0) is 4.79 Å². The van der Waals surface area contributed by atoms with Crippen LogP contribution in [-0.4, -0.2) is 28.3 Å². The molecule has 3 fully saturated rings. The number of fused-ring (bicyclic) bond motifs is 2. The molecule has 0 aromatic heterocycles. The Labute approximate surface area is 109 Å². The van der Waals surface area contributed by atoms with Crippen LogP contribution in [0.1, 0.15) is 51.9 Å². The molecule has 2 heterocycles. The molecular formula is C14H22ClNO. The molecular weight excluding hydrogens is 234 g/mol. The summed E-state index contributed by atoms with van der Waals surface area (Å²) in [5, 5.41) is 0.303. The highest BCUT2D eigenvalue weighted by Gasteiger charge is 2.45. The first-order chi connectivity index (χ1) is 8.16. The van der Waals surface area contributed by atoms with Crippen molar-refractivity contribution in [3.05, 3.63) is 0 Å². The molecule has 1 amide bonds. The lowest BCUT2D eigenvalue weighted by molar-refractivity contribution is -0.140. The van der Waals surface area contributed by atoms with Gasteiger partial charge in [-0.3, -0.25) is 4.79 Å². The van der Waals surface area contributed by atoms with Gasteiger partial charge < -0.3 is 4.90 Å². The van der Waals surface area contributed by atoms with Crippen molar-refractivity contribution in [2.24, 2.45) is 11.8 Å². The van der Waals surface area contributed by atoms with Gasteiger partial charge in [-0.05, 0) is 44.4 Å². The second kappa shape index (κ2) is 4.46. The number of hydrogen-bond donors (Lipinski definition) is 0. The first kappa shape index (κ1) is 11.8. The van der Waals surface area contributed by atoms with Crippen LogP contribution in [0.2, 0.25) is 0 Å². The molecule has 0 aromatic rings. The van der Waals surface area contributed by atoms with E-state index in [1.165, 1.54) is 25.7 Å². The second-order valence-electron chi connectivity index (χ2n) is 6.21. The van der Waals surface area contributed by atoms with E-state index in [-0.39, 0.29) is 0 Å². The molecule has 2 bridgehead atoms. The van der Waals surface area contributed by atoms with E-state index in [4.69, 9.17) is 11.6 Å². The summed E-state index contributed by atoms with van der Waals surface area (Å²) in [6.45, 7) is 2.24. The summed E-state index contributed by atoms with van der Waals surface area (Å²) in [6, 6.07) is 0.910. The lowest BCUT2D eigenvalue weighted by Crippen LogP contribution is -2.49. The number of halogens is 1. The normalized spacial score (nSPS) is 45.3. The third kappa shape index (κ3) is 1.99. The Morgan fingerprint density at radius 1 is 1.12 bits per heavy atom. The highest BCUT2D eigenvalue weighted by molar-refractivity contribution is 6.20. The van der Waals surface area contributed by atoms with Crippen LogP contribution in [0, 0.1) is 11.8 Å². The molecule has 2 nitrogen and oxygen atoms in total. The molecule has 1 aliphatic carbocycles. The van der Waals surface area contributed by atoms with Crippen molar-refractivity contribution in [1.29, 1.82) is 0 Å². The minimum absolute atomic E-state index is 0.303. The van der Waals surface area contributed by atoms with Crippen molar-refractivity contribution in [3.8, 4) is 0 Å². The van der Waals surface area contributed by atoms with Crippen molar-refractivity contribution >= 4 is 17.5 Å². The summed E-state index contributed by atoms with van der Waals surface area (Å²) >= 11 is 6.27. The second-order valence-corrected chi connectivity index (χ2v) is 6.83. The molecule has 0 spiro atoms. The van der Waals surface area contributed by atoms with Crippen LogP contribution in [0.4, 0.5) is 0 Å². The maximum Gasteiger partial charge on any atom is 0.226 e. The molecule has 0 aromatic carbocycles. The van der Waals surface area contributed by atoms with Gasteiger partial charge in [0.15, 0.2) is 0 Å². The molecule has 0 N–H and O–H groups in total. The lowest BCUT2D eigenvalue weighted by atomic mass is 9.93. The van der Waals surface area contributed by atoms with Gasteiger partial charge in [-0.15, -0.1) is 11.6 Å². The summed E-state index contributed by atoms with van der Waals surface area (Å²) in [5.41, 5.74) is 0. The topological polar surface area (TPSA) is 20.3 Å². The maximum atomic E-state index is 12.7. The number of alkyl halides is 1. The fourth-order valence-corrected chi connectivity index (χ4v) is 4.59. The average Bonchev–Trinajstić information content (AvgIpc) is 2.81. The molecule has 3 heteroatoms. The monoisotopic (exact) mass is 255 g/mol. The van der Waals surface area contributed by atoms with Crippen LogP contribution >= 0.6 is 11.6 Å². The fraction of sp³-hybridized carbons (Fsp3) is 0.929. The first-order valence-corrected chi connectivity index (χ1v) is 7.56. The molecule has 0 radical (unpaired) electrons. The van der Waals surface area contributed by atoms with Gasteiger partial charge in [0.05, 0.1) is 0 Å². The van der Waals surface area contributed by atoms with E-state index in [0.29, 0.717) is 35.2 Å². The minimum Gasteiger partial charge on any atom is -0.336 e. The van der Waals surface area contributed by atoms with E-state index in [1.807, 2.05) is 0 Å². The van der Waals surface area contributed by atoms with Gasteiger partial charge in [0.25, 0.3) is 0 Å². The fourth-order valence-electron chi connectivity index (χ4n) is 4.17. The van der Waals surface area contributed by atoms with Crippen molar-refractivity contribution in [2.45, 2.75) is 69.3 Å². The van der Waals surface area contributed by atoms with Crippen LogP contribution < -0.4 is 0 Å². The highest BCUT2D eigenvalue weighted by Crippen LogP contribution is 2.41. The Kier molecular flexibility index (Phi) is 3.10. The molecule has 2 aliphatic heterocycles. The molecule has 4 unspecified atom stereocenters. The van der Waals surface area contributed by atoms with Gasteiger partial charge in [0.1, 0.15) is 0 Å². The Morgan fingerprint density at radius 3 is 2.29 bits per heavy atom. The molecule has 3 rings (SSSR count). The van der Waals surface area contributed by atoms with Crippen LogP contribution in [0.5, 0.6) is 0 Å². The summed E-state index contributed by atoms with van der Waals surface area (Å²) < 4.78 is 0. The van der Waals surface area contributed by atoms with E-state index >= 15 is 0 Å². The zero-order valence-electron chi connectivity index (χ0n) is 10.6. The Bertz CT molecular complexity index is 305. The smallest absolute Gasteiger partial charge is 0.226 e. The van der Waals surface area contributed by atoms with Crippen molar-refractivity contribution < 1.29 is 4.79 Å². The van der Waals surface area contributed by atoms with Crippen LogP contribution in [0.15, 0.2) is 0 Å². The van der Waals surface area contributed by atoms with Gasteiger partial charge in [-0.2, -0.15) is 0 Å². The van der Waals surface area contributed by atoms with Crippen molar-refractivity contribution in [2.75, 3.05) is 0 Å². The van der Waals surface area contributed by atoms with E-state index < -0.39 is 0 Å². The molecule has 96 valence electrons. The zero-order chi connectivity index (χ0) is 12.0. The lowest BCUT2D eigenvalue weighted by Gasteiger charge is -2.39. The number of hydrogen-bond acceptors (Lipinski definition) is 1. The number of carbonyl (C=O) groups is 1. The van der Waals surface area contributed by atoms with Crippen LogP contribution in [0.3, 0.4) is 0 Å². The standard InChI is InChI=1S/C14H22ClNO/c1-9-3-2-4-13(9)14(17)16-11-5-6-12(16)8-10(15)7-11/h9-13H,2-8H2,1H3. The summed E-state index contributed by atoms with van der Waals surface area (Å²) in [5.74, 6) is 1.35. The van der Waals surface area contributed by atoms with Gasteiger partial charge >= 0.3 is 0 Å². The first-order valence-electron chi connectivity index (χ1n) is 7.13. The maximum absolute atomic E-state index is 12.7. The predicted octanol–water partition coefficient (Wildman–Crippen LogP) is 3.18. The zero-order valence-corrected chi connectivity index (χ0v) is 11.3. The quantitative estimate of drug-likeness (QED) is 0.659. The SMILES string of the molecule is CC1CCCC1C(=O)N1C2CCC1CC(Cl)C2. The van der Waals surface area contributed by atoms with Crippen molar-refractivity contribution in [3.63, 3.8) is 0 Å². The average molecular weight is 256 g/mol. The predicted molar refractivity (Wildman–Crippen MR) is 69.0 cm³/mol. The number of amides is 1. The number of carbonyl (C=O) groups excluding carboxylic acids is 1. The van der Waals surface area contributed by atoms with E-state index in [2.05, 4.69) is 11.8 Å².